The summed E-state index contributed by atoms with van der Waals surface area (Å²) in [5.74, 6) is 1.99. The van der Waals surface area contributed by atoms with E-state index in [4.69, 9.17) is 9.47 Å². The van der Waals surface area contributed by atoms with Crippen LogP contribution in [0.1, 0.15) is 44.2 Å². The van der Waals surface area contributed by atoms with Crippen molar-refractivity contribution in [3.05, 3.63) is 23.3 Å². The molecule has 5 heteroatoms. The molecular weight excluding hydrogens is 304 g/mol. The van der Waals surface area contributed by atoms with Crippen molar-refractivity contribution in [1.82, 2.24) is 10.2 Å². The standard InChI is InChI=1S/C19H28N2O3/c1-13-9-15-10-17(23-3)16(11-18(15)24-13)12-20-14(2)19(22)21-7-5-4-6-8-21/h10-11,13-14,20H,4-9,12H2,1-3H3/t13-,14-/m1/s1. The van der Waals surface area contributed by atoms with Gasteiger partial charge in [-0.05, 0) is 45.2 Å². The summed E-state index contributed by atoms with van der Waals surface area (Å²) in [6.07, 6.45) is 4.60. The molecule has 0 aliphatic carbocycles. The van der Waals surface area contributed by atoms with E-state index in [0.29, 0.717) is 6.54 Å². The number of rotatable bonds is 5. The van der Waals surface area contributed by atoms with Crippen molar-refractivity contribution < 1.29 is 14.3 Å². The zero-order valence-electron chi connectivity index (χ0n) is 14.9. The van der Waals surface area contributed by atoms with E-state index in [2.05, 4.69) is 18.3 Å². The molecule has 1 saturated heterocycles. The quantitative estimate of drug-likeness (QED) is 0.900. The van der Waals surface area contributed by atoms with Gasteiger partial charge in [0.2, 0.25) is 5.91 Å². The van der Waals surface area contributed by atoms with Crippen LogP contribution in [-0.2, 0) is 17.8 Å². The number of methoxy groups -OCH3 is 1. The number of nitrogens with one attached hydrogen (secondary N) is 1. The van der Waals surface area contributed by atoms with Gasteiger partial charge in [0, 0.05) is 37.2 Å². The molecule has 0 bridgehead atoms. The first-order valence-corrected chi connectivity index (χ1v) is 8.97. The summed E-state index contributed by atoms with van der Waals surface area (Å²) in [7, 11) is 1.69. The molecule has 5 nitrogen and oxygen atoms in total. The summed E-state index contributed by atoms with van der Waals surface area (Å²) >= 11 is 0. The third-order valence-corrected chi connectivity index (χ3v) is 4.94. The number of benzene rings is 1. The zero-order valence-corrected chi connectivity index (χ0v) is 14.9. The van der Waals surface area contributed by atoms with Crippen LogP contribution in [0.4, 0.5) is 0 Å². The van der Waals surface area contributed by atoms with E-state index in [1.54, 1.807) is 7.11 Å². The minimum absolute atomic E-state index is 0.194. The van der Waals surface area contributed by atoms with Gasteiger partial charge in [-0.25, -0.2) is 0 Å². The fraction of sp³-hybridized carbons (Fsp3) is 0.632. The van der Waals surface area contributed by atoms with Gasteiger partial charge in [0.05, 0.1) is 13.2 Å². The van der Waals surface area contributed by atoms with Crippen molar-refractivity contribution in [1.29, 1.82) is 0 Å². The predicted octanol–water partition coefficient (Wildman–Crippen LogP) is 2.51. The van der Waals surface area contributed by atoms with Crippen molar-refractivity contribution in [2.45, 2.75) is 58.2 Å². The molecule has 1 amide bonds. The molecule has 2 aliphatic rings. The van der Waals surface area contributed by atoms with Gasteiger partial charge < -0.3 is 19.7 Å². The highest BCUT2D eigenvalue weighted by Gasteiger charge is 2.24. The van der Waals surface area contributed by atoms with Crippen LogP contribution in [0, 0.1) is 0 Å². The maximum Gasteiger partial charge on any atom is 0.239 e. The van der Waals surface area contributed by atoms with E-state index in [1.165, 1.54) is 12.0 Å². The Morgan fingerprint density at radius 1 is 1.38 bits per heavy atom. The first-order valence-electron chi connectivity index (χ1n) is 8.97. The summed E-state index contributed by atoms with van der Waals surface area (Å²) in [5, 5.41) is 3.35. The van der Waals surface area contributed by atoms with E-state index < -0.39 is 0 Å². The molecule has 1 fully saturated rings. The van der Waals surface area contributed by atoms with E-state index in [-0.39, 0.29) is 18.1 Å². The van der Waals surface area contributed by atoms with Gasteiger partial charge in [-0.15, -0.1) is 0 Å². The van der Waals surface area contributed by atoms with Crippen LogP contribution < -0.4 is 14.8 Å². The molecule has 3 rings (SSSR count). The molecule has 0 saturated carbocycles. The van der Waals surface area contributed by atoms with Crippen molar-refractivity contribution >= 4 is 5.91 Å². The highest BCUT2D eigenvalue weighted by atomic mass is 16.5. The molecule has 132 valence electrons. The molecule has 2 atom stereocenters. The summed E-state index contributed by atoms with van der Waals surface area (Å²) in [5.41, 5.74) is 2.23. The van der Waals surface area contributed by atoms with Crippen LogP contribution in [0.3, 0.4) is 0 Å². The van der Waals surface area contributed by atoms with E-state index in [9.17, 15) is 4.79 Å². The van der Waals surface area contributed by atoms with Crippen LogP contribution in [0.15, 0.2) is 12.1 Å². The zero-order chi connectivity index (χ0) is 17.1. The van der Waals surface area contributed by atoms with Crippen molar-refractivity contribution in [3.8, 4) is 11.5 Å². The van der Waals surface area contributed by atoms with Crippen molar-refractivity contribution in [3.63, 3.8) is 0 Å². The topological polar surface area (TPSA) is 50.8 Å². The molecule has 0 spiro atoms. The smallest absolute Gasteiger partial charge is 0.239 e. The summed E-state index contributed by atoms with van der Waals surface area (Å²) in [6.45, 7) is 6.38. The van der Waals surface area contributed by atoms with E-state index >= 15 is 0 Å². The first-order chi connectivity index (χ1) is 11.6. The lowest BCUT2D eigenvalue weighted by Crippen LogP contribution is -2.46. The number of hydrogen-bond acceptors (Lipinski definition) is 4. The molecule has 0 radical (unpaired) electrons. The van der Waals surface area contributed by atoms with Crippen LogP contribution in [-0.4, -0.2) is 43.2 Å². The van der Waals surface area contributed by atoms with Crippen molar-refractivity contribution in [2.75, 3.05) is 20.2 Å². The van der Waals surface area contributed by atoms with Crippen LogP contribution in [0.25, 0.3) is 0 Å². The second-order valence-electron chi connectivity index (χ2n) is 6.89. The Morgan fingerprint density at radius 2 is 2.12 bits per heavy atom. The Bertz CT molecular complexity index is 597. The average molecular weight is 332 g/mol. The number of nitrogens with zero attached hydrogens (tertiary/aromatic N) is 1. The SMILES string of the molecule is COc1cc2c(cc1CN[C@H](C)C(=O)N1CCCCC1)O[C@H](C)C2. The number of fused-ring (bicyclic) bond motifs is 1. The van der Waals surface area contributed by atoms with Gasteiger partial charge in [0.1, 0.15) is 17.6 Å². The fourth-order valence-electron chi connectivity index (χ4n) is 3.55. The molecule has 2 aliphatic heterocycles. The monoisotopic (exact) mass is 332 g/mol. The molecule has 0 aromatic heterocycles. The molecular formula is C19H28N2O3. The van der Waals surface area contributed by atoms with Gasteiger partial charge in [-0.3, -0.25) is 4.79 Å². The number of likely N-dealkylation sites (tertiary alicyclic amines) is 1. The van der Waals surface area contributed by atoms with Crippen LogP contribution in [0.5, 0.6) is 11.5 Å². The van der Waals surface area contributed by atoms with Gasteiger partial charge in [-0.2, -0.15) is 0 Å². The van der Waals surface area contributed by atoms with Gasteiger partial charge in [0.25, 0.3) is 0 Å². The Morgan fingerprint density at radius 3 is 2.83 bits per heavy atom. The van der Waals surface area contributed by atoms with E-state index in [0.717, 1.165) is 49.4 Å². The Hall–Kier alpha value is -1.75. The molecule has 1 aromatic carbocycles. The molecule has 0 unspecified atom stereocenters. The fourth-order valence-corrected chi connectivity index (χ4v) is 3.55. The Balaban J connectivity index is 1.63. The lowest BCUT2D eigenvalue weighted by Gasteiger charge is -2.29. The minimum atomic E-state index is -0.194. The number of carbonyl (C=O) groups excluding carboxylic acids is 1. The van der Waals surface area contributed by atoms with Gasteiger partial charge in [-0.1, -0.05) is 0 Å². The number of ether oxygens (including phenoxy) is 2. The van der Waals surface area contributed by atoms with Crippen LogP contribution in [0.2, 0.25) is 0 Å². The maximum absolute atomic E-state index is 12.5. The second-order valence-corrected chi connectivity index (χ2v) is 6.89. The maximum atomic E-state index is 12.5. The highest BCUT2D eigenvalue weighted by molar-refractivity contribution is 5.81. The van der Waals surface area contributed by atoms with E-state index in [1.807, 2.05) is 17.9 Å². The number of amides is 1. The largest absolute Gasteiger partial charge is 0.496 e. The Kier molecular flexibility index (Phi) is 5.29. The van der Waals surface area contributed by atoms with Gasteiger partial charge >= 0.3 is 0 Å². The third kappa shape index (κ3) is 3.66. The number of carbonyl (C=O) groups is 1. The molecule has 2 heterocycles. The molecule has 24 heavy (non-hydrogen) atoms. The summed E-state index contributed by atoms with van der Waals surface area (Å²) < 4.78 is 11.4. The number of hydrogen-bond donors (Lipinski definition) is 1. The summed E-state index contributed by atoms with van der Waals surface area (Å²) in [4.78, 5) is 14.5. The minimum Gasteiger partial charge on any atom is -0.496 e. The summed E-state index contributed by atoms with van der Waals surface area (Å²) in [6, 6.07) is 3.91. The predicted molar refractivity (Wildman–Crippen MR) is 93.5 cm³/mol. The molecule has 1 aromatic rings. The first kappa shape index (κ1) is 17.1. The normalized spacial score (nSPS) is 21.1. The number of piperidine rings is 1. The third-order valence-electron chi connectivity index (χ3n) is 4.94. The average Bonchev–Trinajstić information content (AvgIpc) is 2.97. The van der Waals surface area contributed by atoms with Crippen LogP contribution >= 0.6 is 0 Å². The lowest BCUT2D eigenvalue weighted by molar-refractivity contribution is -0.133. The van der Waals surface area contributed by atoms with Gasteiger partial charge in [0.15, 0.2) is 0 Å². The van der Waals surface area contributed by atoms with Crippen molar-refractivity contribution in [2.24, 2.45) is 0 Å². The lowest BCUT2D eigenvalue weighted by atomic mass is 10.1. The highest BCUT2D eigenvalue weighted by Crippen LogP contribution is 2.34. The Labute approximate surface area is 144 Å². The molecule has 1 N–H and O–H groups in total. The second kappa shape index (κ2) is 7.43.